The highest BCUT2D eigenvalue weighted by molar-refractivity contribution is 14.1. The zero-order valence-corrected chi connectivity index (χ0v) is 12.7. The Labute approximate surface area is 130 Å². The molecule has 0 aliphatic heterocycles. The van der Waals surface area contributed by atoms with Crippen molar-refractivity contribution >= 4 is 40.4 Å². The lowest BCUT2D eigenvalue weighted by Gasteiger charge is -2.04. The maximum Gasteiger partial charge on any atom is 0.276 e. The van der Waals surface area contributed by atoms with Crippen LogP contribution in [0.5, 0.6) is 0 Å². The van der Waals surface area contributed by atoms with E-state index in [1.165, 1.54) is 6.21 Å². The van der Waals surface area contributed by atoms with Crippen LogP contribution in [0, 0.1) is 3.57 Å². The van der Waals surface area contributed by atoms with Crippen molar-refractivity contribution < 1.29 is 4.79 Å². The number of hydrogen-bond acceptors (Lipinski definition) is 4. The maximum absolute atomic E-state index is 11.6. The van der Waals surface area contributed by atoms with E-state index in [4.69, 9.17) is 0 Å². The van der Waals surface area contributed by atoms with Crippen molar-refractivity contribution in [2.24, 2.45) is 4.99 Å². The summed E-state index contributed by atoms with van der Waals surface area (Å²) in [6.07, 6.45) is 4.67. The van der Waals surface area contributed by atoms with Crippen molar-refractivity contribution in [1.29, 1.82) is 0 Å². The van der Waals surface area contributed by atoms with Gasteiger partial charge in [-0.15, -0.1) is 0 Å². The fourth-order valence-electron chi connectivity index (χ4n) is 1.46. The van der Waals surface area contributed by atoms with Gasteiger partial charge in [0.25, 0.3) is 5.91 Å². The molecule has 1 heterocycles. The fourth-order valence-corrected chi connectivity index (χ4v) is 1.98. The Hall–Kier alpha value is -1.80. The minimum absolute atomic E-state index is 0.294. The molecule has 5 nitrogen and oxygen atoms in total. The summed E-state index contributed by atoms with van der Waals surface area (Å²) < 4.78 is 1.08. The van der Waals surface area contributed by atoms with Crippen molar-refractivity contribution in [3.05, 3.63) is 57.9 Å². The molecule has 1 amide bonds. The number of aliphatic imine (C=N–C) groups is 1. The molecular formula is C14H13IN4O. The first-order valence-electron chi connectivity index (χ1n) is 5.95. The molecule has 1 aromatic carbocycles. The van der Waals surface area contributed by atoms with Crippen LogP contribution < -0.4 is 10.9 Å². The molecule has 0 saturated heterocycles. The number of nitrogens with zero attached hydrogens (tertiary/aromatic N) is 2. The Morgan fingerprint density at radius 3 is 2.85 bits per heavy atom. The predicted molar refractivity (Wildman–Crippen MR) is 86.5 cm³/mol. The molecule has 0 fully saturated rings. The van der Waals surface area contributed by atoms with Crippen LogP contribution in [0.4, 0.5) is 5.69 Å². The number of carbonyl (C=O) groups is 1. The molecule has 0 saturated carbocycles. The van der Waals surface area contributed by atoms with E-state index in [0.29, 0.717) is 6.54 Å². The van der Waals surface area contributed by atoms with E-state index in [-0.39, 0.29) is 5.91 Å². The Morgan fingerprint density at radius 2 is 2.10 bits per heavy atom. The summed E-state index contributed by atoms with van der Waals surface area (Å²) in [5, 5.41) is 0. The van der Waals surface area contributed by atoms with Crippen LogP contribution in [0.3, 0.4) is 0 Å². The van der Waals surface area contributed by atoms with Crippen LogP contribution >= 0.6 is 22.6 Å². The number of halogens is 1. The van der Waals surface area contributed by atoms with E-state index in [0.717, 1.165) is 14.8 Å². The molecule has 2 N–H and O–H groups in total. The third-order valence-electron chi connectivity index (χ3n) is 2.39. The topological polar surface area (TPSA) is 66.4 Å². The number of hydrogen-bond donors (Lipinski definition) is 2. The Bertz CT molecular complexity index is 601. The predicted octanol–water partition coefficient (Wildman–Crippen LogP) is 2.21. The van der Waals surface area contributed by atoms with Gasteiger partial charge in [-0.2, -0.15) is 0 Å². The van der Waals surface area contributed by atoms with Gasteiger partial charge in [-0.1, -0.05) is 6.07 Å². The molecule has 2 rings (SSSR count). The molecule has 0 atom stereocenters. The second-order valence-corrected chi connectivity index (χ2v) is 5.18. The van der Waals surface area contributed by atoms with Crippen molar-refractivity contribution in [3.8, 4) is 0 Å². The van der Waals surface area contributed by atoms with Gasteiger partial charge >= 0.3 is 0 Å². The van der Waals surface area contributed by atoms with Gasteiger partial charge in [0.2, 0.25) is 0 Å². The lowest BCUT2D eigenvalue weighted by Crippen LogP contribution is -2.37. The summed E-state index contributed by atoms with van der Waals surface area (Å²) in [6, 6.07) is 11.4. The van der Waals surface area contributed by atoms with E-state index in [2.05, 4.69) is 43.4 Å². The van der Waals surface area contributed by atoms with Gasteiger partial charge in [-0.3, -0.25) is 20.2 Å². The summed E-state index contributed by atoms with van der Waals surface area (Å²) in [6.45, 7) is 0.533. The van der Waals surface area contributed by atoms with Crippen molar-refractivity contribution in [3.63, 3.8) is 0 Å². The third-order valence-corrected chi connectivity index (χ3v) is 3.06. The second kappa shape index (κ2) is 7.71. The standard InChI is InChI=1S/C14H13IN4O/c15-12-2-1-3-13(8-12)17-10-14(20)19-18-9-11-4-6-16-7-5-11/h1-8,10,18H,9H2,(H,19,20). The second-order valence-electron chi connectivity index (χ2n) is 3.94. The Balaban J connectivity index is 1.78. The van der Waals surface area contributed by atoms with Crippen molar-refractivity contribution in [1.82, 2.24) is 15.8 Å². The van der Waals surface area contributed by atoms with E-state index < -0.39 is 0 Å². The summed E-state index contributed by atoms with van der Waals surface area (Å²) in [4.78, 5) is 19.6. The number of rotatable bonds is 5. The molecule has 0 spiro atoms. The van der Waals surface area contributed by atoms with Gasteiger partial charge < -0.3 is 0 Å². The van der Waals surface area contributed by atoms with Crippen LogP contribution in [0.15, 0.2) is 53.8 Å². The lowest BCUT2D eigenvalue weighted by molar-refractivity contribution is -0.115. The average Bonchev–Trinajstić information content (AvgIpc) is 2.46. The molecule has 0 unspecified atom stereocenters. The molecule has 6 heteroatoms. The minimum atomic E-state index is -0.294. The van der Waals surface area contributed by atoms with E-state index in [1.54, 1.807) is 12.4 Å². The summed E-state index contributed by atoms with van der Waals surface area (Å²) in [5.74, 6) is -0.294. The molecule has 0 radical (unpaired) electrons. The quantitative estimate of drug-likeness (QED) is 0.475. The smallest absolute Gasteiger partial charge is 0.276 e. The van der Waals surface area contributed by atoms with Crippen molar-refractivity contribution in [2.75, 3.05) is 0 Å². The third kappa shape index (κ3) is 5.06. The van der Waals surface area contributed by atoms with Crippen LogP contribution in [-0.4, -0.2) is 17.1 Å². The van der Waals surface area contributed by atoms with E-state index in [9.17, 15) is 4.79 Å². The van der Waals surface area contributed by atoms with Crippen LogP contribution in [-0.2, 0) is 11.3 Å². The highest BCUT2D eigenvalue weighted by atomic mass is 127. The summed E-state index contributed by atoms with van der Waals surface area (Å²) in [5.41, 5.74) is 7.17. The fraction of sp³-hybridized carbons (Fsp3) is 0.0714. The number of nitrogens with one attached hydrogen (secondary N) is 2. The number of aromatic nitrogens is 1. The van der Waals surface area contributed by atoms with Gasteiger partial charge in [0, 0.05) is 22.5 Å². The largest absolute Gasteiger partial charge is 0.286 e. The zero-order valence-electron chi connectivity index (χ0n) is 10.6. The summed E-state index contributed by atoms with van der Waals surface area (Å²) in [7, 11) is 0. The molecule has 1 aromatic heterocycles. The minimum Gasteiger partial charge on any atom is -0.286 e. The molecule has 0 aliphatic rings. The van der Waals surface area contributed by atoms with Gasteiger partial charge in [0.1, 0.15) is 0 Å². The lowest BCUT2D eigenvalue weighted by atomic mass is 10.3. The maximum atomic E-state index is 11.6. The van der Waals surface area contributed by atoms with E-state index >= 15 is 0 Å². The number of benzene rings is 1. The molecule has 102 valence electrons. The monoisotopic (exact) mass is 380 g/mol. The van der Waals surface area contributed by atoms with Crippen LogP contribution in [0.25, 0.3) is 0 Å². The highest BCUT2D eigenvalue weighted by Gasteiger charge is 1.96. The van der Waals surface area contributed by atoms with Gasteiger partial charge in [-0.25, -0.2) is 5.43 Å². The molecule has 2 aromatic rings. The summed E-state index contributed by atoms with van der Waals surface area (Å²) >= 11 is 2.20. The molecule has 0 bridgehead atoms. The molecule has 20 heavy (non-hydrogen) atoms. The SMILES string of the molecule is O=C(C=Nc1cccc(I)c1)NNCc1ccncc1. The number of amides is 1. The Kier molecular flexibility index (Phi) is 5.63. The average molecular weight is 380 g/mol. The number of pyridine rings is 1. The van der Waals surface area contributed by atoms with E-state index in [1.807, 2.05) is 36.4 Å². The number of carbonyl (C=O) groups excluding carboxylic acids is 1. The molecular weight excluding hydrogens is 367 g/mol. The van der Waals surface area contributed by atoms with Gasteiger partial charge in [0.15, 0.2) is 0 Å². The first-order valence-corrected chi connectivity index (χ1v) is 7.03. The number of hydrazine groups is 1. The van der Waals surface area contributed by atoms with Gasteiger partial charge in [0.05, 0.1) is 11.9 Å². The normalized spacial score (nSPS) is 10.7. The highest BCUT2D eigenvalue weighted by Crippen LogP contribution is 2.14. The van der Waals surface area contributed by atoms with Crippen LogP contribution in [0.1, 0.15) is 5.56 Å². The first-order chi connectivity index (χ1) is 9.74. The molecule has 0 aliphatic carbocycles. The van der Waals surface area contributed by atoms with Gasteiger partial charge in [-0.05, 0) is 58.5 Å². The Morgan fingerprint density at radius 1 is 1.30 bits per heavy atom. The van der Waals surface area contributed by atoms with Crippen LogP contribution in [0.2, 0.25) is 0 Å². The van der Waals surface area contributed by atoms with Crippen molar-refractivity contribution in [2.45, 2.75) is 6.54 Å². The first kappa shape index (κ1) is 14.6. The zero-order chi connectivity index (χ0) is 14.2.